The van der Waals surface area contributed by atoms with Crippen LogP contribution in [0.4, 0.5) is 4.39 Å². The highest BCUT2D eigenvalue weighted by molar-refractivity contribution is 5.91. The van der Waals surface area contributed by atoms with Crippen molar-refractivity contribution in [1.82, 2.24) is 4.90 Å². The fraction of sp³-hybridized carbons (Fsp3) is 0.393. The lowest BCUT2D eigenvalue weighted by molar-refractivity contribution is -0.0774. The molecule has 2 aromatic carbocycles. The van der Waals surface area contributed by atoms with Crippen molar-refractivity contribution >= 4 is 5.91 Å². The highest BCUT2D eigenvalue weighted by Gasteiger charge is 2.34. The monoisotopic (exact) mass is 449 g/mol. The maximum atomic E-state index is 13.7. The van der Waals surface area contributed by atoms with E-state index in [0.29, 0.717) is 31.4 Å². The molecule has 1 aromatic heterocycles. The molecular weight excluding hydrogens is 417 g/mol. The zero-order chi connectivity index (χ0) is 23.3. The van der Waals surface area contributed by atoms with Crippen LogP contribution < -0.4 is 0 Å². The fourth-order valence-electron chi connectivity index (χ4n) is 4.91. The maximum Gasteiger partial charge on any atom is 0.289 e. The van der Waals surface area contributed by atoms with Crippen LogP contribution in [0.25, 0.3) is 0 Å². The highest BCUT2D eigenvalue weighted by atomic mass is 19.1. The van der Waals surface area contributed by atoms with Gasteiger partial charge in [-0.25, -0.2) is 4.39 Å². The molecule has 0 unspecified atom stereocenters. The molecule has 33 heavy (non-hydrogen) atoms. The van der Waals surface area contributed by atoms with Crippen molar-refractivity contribution in [2.75, 3.05) is 13.2 Å². The van der Waals surface area contributed by atoms with Crippen molar-refractivity contribution in [3.63, 3.8) is 0 Å². The van der Waals surface area contributed by atoms with E-state index in [9.17, 15) is 9.18 Å². The third-order valence-electron chi connectivity index (χ3n) is 6.55. The topological polar surface area (TPSA) is 42.7 Å². The summed E-state index contributed by atoms with van der Waals surface area (Å²) in [4.78, 5) is 15.1. The first-order valence-corrected chi connectivity index (χ1v) is 11.7. The van der Waals surface area contributed by atoms with E-state index in [1.54, 1.807) is 12.1 Å². The Morgan fingerprint density at radius 2 is 1.85 bits per heavy atom. The van der Waals surface area contributed by atoms with Gasteiger partial charge in [0.1, 0.15) is 5.82 Å². The zero-order valence-corrected chi connectivity index (χ0v) is 19.4. The van der Waals surface area contributed by atoms with Crippen LogP contribution in [-0.4, -0.2) is 29.6 Å². The standard InChI is InChI=1S/C28H32FNO3/c1-28(2)19-23(15-18-33-28)25(22-10-12-24(29)13-11-22)14-16-30(20-21-7-4-3-5-8-21)27(31)26-9-6-17-32-26/h3-13,17,23,25H,14-16,18-20H2,1-2H3/t23-,25+/m1/s1. The summed E-state index contributed by atoms with van der Waals surface area (Å²) in [5.41, 5.74) is 2.00. The average Bonchev–Trinajstić information content (AvgIpc) is 3.34. The number of ether oxygens (including phenoxy) is 1. The van der Waals surface area contributed by atoms with Crippen LogP contribution in [0.15, 0.2) is 77.4 Å². The summed E-state index contributed by atoms with van der Waals surface area (Å²) in [7, 11) is 0. The normalized spacial score (nSPS) is 18.6. The van der Waals surface area contributed by atoms with Gasteiger partial charge in [-0.3, -0.25) is 4.79 Å². The van der Waals surface area contributed by atoms with Crippen molar-refractivity contribution in [3.8, 4) is 0 Å². The molecule has 0 bridgehead atoms. The van der Waals surface area contributed by atoms with Gasteiger partial charge in [0.25, 0.3) is 5.91 Å². The average molecular weight is 450 g/mol. The molecule has 1 fully saturated rings. The zero-order valence-electron chi connectivity index (χ0n) is 19.4. The van der Waals surface area contributed by atoms with Gasteiger partial charge in [-0.05, 0) is 80.3 Å². The lowest BCUT2D eigenvalue weighted by Crippen LogP contribution is -2.38. The molecule has 4 rings (SSSR count). The van der Waals surface area contributed by atoms with E-state index in [0.717, 1.165) is 30.4 Å². The first-order valence-electron chi connectivity index (χ1n) is 11.7. The van der Waals surface area contributed by atoms with E-state index in [1.807, 2.05) is 47.4 Å². The molecule has 4 nitrogen and oxygen atoms in total. The van der Waals surface area contributed by atoms with Crippen LogP contribution in [0, 0.1) is 11.7 Å². The Labute approximate surface area is 195 Å². The van der Waals surface area contributed by atoms with Crippen LogP contribution in [0.3, 0.4) is 0 Å². The number of furan rings is 1. The van der Waals surface area contributed by atoms with E-state index in [1.165, 1.54) is 18.4 Å². The molecule has 0 spiro atoms. The minimum absolute atomic E-state index is 0.117. The third kappa shape index (κ3) is 6.11. The molecule has 1 amide bonds. The summed E-state index contributed by atoms with van der Waals surface area (Å²) in [5.74, 6) is 0.599. The lowest BCUT2D eigenvalue weighted by atomic mass is 9.75. The fourth-order valence-corrected chi connectivity index (χ4v) is 4.91. The number of hydrogen-bond acceptors (Lipinski definition) is 3. The van der Waals surface area contributed by atoms with E-state index in [2.05, 4.69) is 13.8 Å². The largest absolute Gasteiger partial charge is 0.459 e. The van der Waals surface area contributed by atoms with E-state index < -0.39 is 0 Å². The minimum Gasteiger partial charge on any atom is -0.459 e. The van der Waals surface area contributed by atoms with E-state index in [4.69, 9.17) is 9.15 Å². The first-order chi connectivity index (χ1) is 15.9. The molecule has 2 atom stereocenters. The summed E-state index contributed by atoms with van der Waals surface area (Å²) in [6.07, 6.45) is 4.20. The van der Waals surface area contributed by atoms with Gasteiger partial charge in [0.05, 0.1) is 11.9 Å². The van der Waals surface area contributed by atoms with E-state index >= 15 is 0 Å². The molecule has 0 saturated carbocycles. The van der Waals surface area contributed by atoms with Crippen LogP contribution >= 0.6 is 0 Å². The van der Waals surface area contributed by atoms with Crippen molar-refractivity contribution in [1.29, 1.82) is 0 Å². The van der Waals surface area contributed by atoms with Crippen molar-refractivity contribution in [2.45, 2.75) is 51.2 Å². The predicted molar refractivity (Wildman–Crippen MR) is 126 cm³/mol. The molecule has 1 aliphatic heterocycles. The summed E-state index contributed by atoms with van der Waals surface area (Å²) in [6, 6.07) is 20.3. The highest BCUT2D eigenvalue weighted by Crippen LogP contribution is 2.40. The number of amides is 1. The second-order valence-corrected chi connectivity index (χ2v) is 9.50. The Hall–Kier alpha value is -2.92. The Kier molecular flexibility index (Phi) is 7.29. The van der Waals surface area contributed by atoms with E-state index in [-0.39, 0.29) is 23.2 Å². The second-order valence-electron chi connectivity index (χ2n) is 9.50. The van der Waals surface area contributed by atoms with Gasteiger partial charge in [-0.15, -0.1) is 0 Å². The molecule has 2 heterocycles. The predicted octanol–water partition coefficient (Wildman–Crippen LogP) is 6.44. The number of rotatable bonds is 8. The summed E-state index contributed by atoms with van der Waals surface area (Å²) >= 11 is 0. The number of carbonyl (C=O) groups is 1. The molecule has 0 aliphatic carbocycles. The van der Waals surface area contributed by atoms with Crippen LogP contribution in [-0.2, 0) is 11.3 Å². The quantitative estimate of drug-likeness (QED) is 0.397. The van der Waals surface area contributed by atoms with Crippen molar-refractivity contribution in [2.24, 2.45) is 5.92 Å². The Morgan fingerprint density at radius 3 is 2.52 bits per heavy atom. The Balaban J connectivity index is 1.57. The molecule has 0 N–H and O–H groups in total. The molecule has 1 aliphatic rings. The summed E-state index contributed by atoms with van der Waals surface area (Å²) in [5, 5.41) is 0. The number of hydrogen-bond donors (Lipinski definition) is 0. The molecule has 0 radical (unpaired) electrons. The van der Waals surface area contributed by atoms with Crippen LogP contribution in [0.1, 0.15) is 60.7 Å². The van der Waals surface area contributed by atoms with Crippen molar-refractivity contribution < 1.29 is 18.3 Å². The van der Waals surface area contributed by atoms with Gasteiger partial charge in [0, 0.05) is 19.7 Å². The number of benzene rings is 2. The number of halogens is 1. The molecule has 5 heteroatoms. The lowest BCUT2D eigenvalue weighted by Gasteiger charge is -2.40. The smallest absolute Gasteiger partial charge is 0.289 e. The Morgan fingerprint density at radius 1 is 1.09 bits per heavy atom. The SMILES string of the molecule is CC1(C)C[C@H]([C@@H](CCN(Cc2ccccc2)C(=O)c2ccco2)c2ccc(F)cc2)CCO1. The molecular formula is C28H32FNO3. The first kappa shape index (κ1) is 23.2. The van der Waals surface area contributed by atoms with Gasteiger partial charge >= 0.3 is 0 Å². The number of nitrogens with zero attached hydrogens (tertiary/aromatic N) is 1. The van der Waals surface area contributed by atoms with Gasteiger partial charge in [-0.1, -0.05) is 42.5 Å². The van der Waals surface area contributed by atoms with Gasteiger partial charge in [-0.2, -0.15) is 0 Å². The Bertz CT molecular complexity index is 1020. The van der Waals surface area contributed by atoms with Gasteiger partial charge in [0.2, 0.25) is 0 Å². The van der Waals surface area contributed by atoms with Gasteiger partial charge in [0.15, 0.2) is 5.76 Å². The maximum absolute atomic E-state index is 13.7. The summed E-state index contributed by atoms with van der Waals surface area (Å²) in [6.45, 7) is 6.06. The third-order valence-corrected chi connectivity index (χ3v) is 6.55. The van der Waals surface area contributed by atoms with Crippen LogP contribution in [0.2, 0.25) is 0 Å². The van der Waals surface area contributed by atoms with Gasteiger partial charge < -0.3 is 14.1 Å². The van der Waals surface area contributed by atoms with Crippen LogP contribution in [0.5, 0.6) is 0 Å². The van der Waals surface area contributed by atoms with Crippen molar-refractivity contribution in [3.05, 3.63) is 95.7 Å². The second kappa shape index (κ2) is 10.3. The summed E-state index contributed by atoms with van der Waals surface area (Å²) < 4.78 is 25.0. The molecule has 174 valence electrons. The minimum atomic E-state index is -0.233. The molecule has 3 aromatic rings. The number of carbonyl (C=O) groups excluding carboxylic acids is 1. The molecule has 1 saturated heterocycles.